The lowest BCUT2D eigenvalue weighted by atomic mass is 9.67. The van der Waals surface area contributed by atoms with Gasteiger partial charge in [-0.15, -0.1) is 0 Å². The second-order valence-corrected chi connectivity index (χ2v) is 9.77. The summed E-state index contributed by atoms with van der Waals surface area (Å²) in [6.45, 7) is 0. The number of carbonyl (C=O) groups excluding carboxylic acids is 1. The van der Waals surface area contributed by atoms with Gasteiger partial charge in [0.2, 0.25) is 0 Å². The third-order valence-electron chi connectivity index (χ3n) is 8.07. The first-order valence-corrected chi connectivity index (χ1v) is 11.8. The molecule has 2 aliphatic carbocycles. The van der Waals surface area contributed by atoms with Crippen LogP contribution in [-0.4, -0.2) is 12.1 Å². The van der Waals surface area contributed by atoms with Crippen molar-refractivity contribution in [1.29, 1.82) is 0 Å². The second-order valence-electron chi connectivity index (χ2n) is 9.77. The topological polar surface area (TPSA) is 26.3 Å². The fraction of sp³-hybridized carbons (Fsp3) is 0.519. The first kappa shape index (κ1) is 20.7. The number of hydrogen-bond acceptors (Lipinski definition) is 2. The normalized spacial score (nSPS) is 31.0. The fourth-order valence-electron chi connectivity index (χ4n) is 6.12. The molecule has 31 heavy (non-hydrogen) atoms. The first-order chi connectivity index (χ1) is 15.1. The summed E-state index contributed by atoms with van der Waals surface area (Å²) in [5.74, 6) is 1.23. The number of hydrogen-bond donors (Lipinski definition) is 0. The Kier molecular flexibility index (Phi) is 5.81. The van der Waals surface area contributed by atoms with Crippen molar-refractivity contribution in [2.45, 2.75) is 69.8 Å². The molecule has 2 aromatic rings. The average Bonchev–Trinajstić information content (AvgIpc) is 2.79. The lowest BCUT2D eigenvalue weighted by Crippen LogP contribution is -2.41. The number of halogens is 2. The molecular weight excluding hydrogens is 394 g/mol. The molecule has 2 aromatic carbocycles. The zero-order valence-electron chi connectivity index (χ0n) is 17.9. The third kappa shape index (κ3) is 4.40. The van der Waals surface area contributed by atoms with E-state index >= 15 is 0 Å². The van der Waals surface area contributed by atoms with Gasteiger partial charge in [-0.1, -0.05) is 30.3 Å². The van der Waals surface area contributed by atoms with Crippen LogP contribution in [0, 0.1) is 29.4 Å². The standard InChI is InChI=1S/C27H30F2O2/c28-24-14-13-23(15-25(24)29)21-7-5-19(6-8-21)17-1-3-18(4-2-17)20-9-11-22(12-10-20)26-16-27(30)31-26/h5-8,13-15,17-18,20,22,26H,1-4,9-12,16H2. The summed E-state index contributed by atoms with van der Waals surface area (Å²) in [5.41, 5.74) is 2.99. The van der Waals surface area contributed by atoms with Crippen LogP contribution in [0.5, 0.6) is 0 Å². The molecule has 4 heteroatoms. The van der Waals surface area contributed by atoms with E-state index in [0.29, 0.717) is 23.8 Å². The van der Waals surface area contributed by atoms with Gasteiger partial charge in [0.25, 0.3) is 0 Å². The molecule has 0 radical (unpaired) electrons. The molecule has 0 spiro atoms. The van der Waals surface area contributed by atoms with Crippen molar-refractivity contribution >= 4 is 5.97 Å². The summed E-state index contributed by atoms with van der Waals surface area (Å²) in [4.78, 5) is 11.1. The molecule has 1 atom stereocenters. The van der Waals surface area contributed by atoms with E-state index in [9.17, 15) is 13.6 Å². The lowest BCUT2D eigenvalue weighted by molar-refractivity contribution is -0.176. The van der Waals surface area contributed by atoms with Crippen LogP contribution >= 0.6 is 0 Å². The van der Waals surface area contributed by atoms with Gasteiger partial charge >= 0.3 is 5.97 Å². The summed E-state index contributed by atoms with van der Waals surface area (Å²) in [6, 6.07) is 12.5. The molecule has 0 amide bonds. The molecule has 3 fully saturated rings. The highest BCUT2D eigenvalue weighted by molar-refractivity contribution is 5.75. The zero-order chi connectivity index (χ0) is 21.4. The predicted molar refractivity (Wildman–Crippen MR) is 116 cm³/mol. The van der Waals surface area contributed by atoms with Crippen LogP contribution in [0.4, 0.5) is 8.78 Å². The van der Waals surface area contributed by atoms with E-state index in [1.807, 2.05) is 12.1 Å². The van der Waals surface area contributed by atoms with Gasteiger partial charge in [0.15, 0.2) is 11.6 Å². The number of ether oxygens (including phenoxy) is 1. The molecule has 164 valence electrons. The minimum atomic E-state index is -0.808. The summed E-state index contributed by atoms with van der Waals surface area (Å²) in [6.07, 6.45) is 10.9. The summed E-state index contributed by atoms with van der Waals surface area (Å²) in [7, 11) is 0. The number of benzene rings is 2. The van der Waals surface area contributed by atoms with Crippen LogP contribution in [0.1, 0.15) is 69.3 Å². The minimum absolute atomic E-state index is 0.0247. The Morgan fingerprint density at radius 2 is 1.23 bits per heavy atom. The number of cyclic esters (lactones) is 1. The van der Waals surface area contributed by atoms with Crippen molar-refractivity contribution in [2.75, 3.05) is 0 Å². The number of carbonyl (C=O) groups is 1. The van der Waals surface area contributed by atoms with Crippen molar-refractivity contribution in [3.8, 4) is 11.1 Å². The van der Waals surface area contributed by atoms with E-state index in [1.165, 1.54) is 69.1 Å². The molecule has 0 bridgehead atoms. The van der Waals surface area contributed by atoms with Gasteiger partial charge in [0, 0.05) is 0 Å². The Hall–Kier alpha value is -2.23. The van der Waals surface area contributed by atoms with E-state index in [0.717, 1.165) is 17.4 Å². The maximum atomic E-state index is 13.5. The fourth-order valence-corrected chi connectivity index (χ4v) is 6.12. The molecule has 0 N–H and O–H groups in total. The van der Waals surface area contributed by atoms with E-state index in [1.54, 1.807) is 6.07 Å². The van der Waals surface area contributed by atoms with Crippen LogP contribution in [0.3, 0.4) is 0 Å². The van der Waals surface area contributed by atoms with E-state index < -0.39 is 11.6 Å². The molecule has 5 rings (SSSR count). The maximum Gasteiger partial charge on any atom is 0.309 e. The highest BCUT2D eigenvalue weighted by Crippen LogP contribution is 2.45. The van der Waals surface area contributed by atoms with Gasteiger partial charge in [-0.2, -0.15) is 0 Å². The summed E-state index contributed by atoms with van der Waals surface area (Å²) >= 11 is 0. The Morgan fingerprint density at radius 3 is 1.81 bits per heavy atom. The molecule has 0 aromatic heterocycles. The third-order valence-corrected chi connectivity index (χ3v) is 8.07. The van der Waals surface area contributed by atoms with Crippen LogP contribution in [0.2, 0.25) is 0 Å². The quantitative estimate of drug-likeness (QED) is 0.493. The molecule has 1 heterocycles. The largest absolute Gasteiger partial charge is 0.461 e. The van der Waals surface area contributed by atoms with Gasteiger partial charge in [-0.05, 0) is 104 Å². The van der Waals surface area contributed by atoms with Crippen LogP contribution in [-0.2, 0) is 9.53 Å². The van der Waals surface area contributed by atoms with Crippen molar-refractivity contribution in [3.63, 3.8) is 0 Å². The molecule has 1 aliphatic heterocycles. The van der Waals surface area contributed by atoms with Crippen molar-refractivity contribution in [1.82, 2.24) is 0 Å². The Bertz CT molecular complexity index is 915. The molecular formula is C27H30F2O2. The maximum absolute atomic E-state index is 13.5. The summed E-state index contributed by atoms with van der Waals surface area (Å²) < 4.78 is 32.0. The first-order valence-electron chi connectivity index (χ1n) is 11.8. The SMILES string of the molecule is O=C1CC(C2CCC(C3CCC(c4ccc(-c5ccc(F)c(F)c5)cc4)CC3)CC2)O1. The van der Waals surface area contributed by atoms with Gasteiger partial charge in [-0.3, -0.25) is 4.79 Å². The molecule has 1 saturated heterocycles. The van der Waals surface area contributed by atoms with E-state index in [2.05, 4.69) is 12.1 Å². The Labute approximate surface area is 183 Å². The smallest absolute Gasteiger partial charge is 0.309 e. The lowest BCUT2D eigenvalue weighted by Gasteiger charge is -2.41. The van der Waals surface area contributed by atoms with Crippen LogP contribution < -0.4 is 0 Å². The van der Waals surface area contributed by atoms with Gasteiger partial charge in [0.05, 0.1) is 6.42 Å². The Morgan fingerprint density at radius 1 is 0.677 bits per heavy atom. The molecule has 2 saturated carbocycles. The van der Waals surface area contributed by atoms with E-state index in [4.69, 9.17) is 4.74 Å². The van der Waals surface area contributed by atoms with Crippen LogP contribution in [0.25, 0.3) is 11.1 Å². The van der Waals surface area contributed by atoms with Crippen molar-refractivity contribution < 1.29 is 18.3 Å². The molecule has 3 aliphatic rings. The number of esters is 1. The van der Waals surface area contributed by atoms with Gasteiger partial charge in [-0.25, -0.2) is 8.78 Å². The monoisotopic (exact) mass is 424 g/mol. The van der Waals surface area contributed by atoms with E-state index in [-0.39, 0.29) is 12.1 Å². The summed E-state index contributed by atoms with van der Waals surface area (Å²) in [5, 5.41) is 0. The zero-order valence-corrected chi connectivity index (χ0v) is 17.9. The Balaban J connectivity index is 1.13. The average molecular weight is 425 g/mol. The number of rotatable bonds is 4. The van der Waals surface area contributed by atoms with Gasteiger partial charge < -0.3 is 4.74 Å². The predicted octanol–water partition coefficient (Wildman–Crippen LogP) is 7.03. The van der Waals surface area contributed by atoms with Crippen molar-refractivity contribution in [2.24, 2.45) is 17.8 Å². The molecule has 2 nitrogen and oxygen atoms in total. The van der Waals surface area contributed by atoms with Crippen LogP contribution in [0.15, 0.2) is 42.5 Å². The van der Waals surface area contributed by atoms with Crippen molar-refractivity contribution in [3.05, 3.63) is 59.7 Å². The highest BCUT2D eigenvalue weighted by atomic mass is 19.2. The second kappa shape index (κ2) is 8.72. The highest BCUT2D eigenvalue weighted by Gasteiger charge is 2.39. The minimum Gasteiger partial charge on any atom is -0.461 e. The van der Waals surface area contributed by atoms with Gasteiger partial charge in [0.1, 0.15) is 6.10 Å². The molecule has 1 unspecified atom stereocenters.